The zero-order chi connectivity index (χ0) is 20.6. The summed E-state index contributed by atoms with van der Waals surface area (Å²) >= 11 is 0. The van der Waals surface area contributed by atoms with Crippen LogP contribution in [0.4, 0.5) is 4.79 Å². The summed E-state index contributed by atoms with van der Waals surface area (Å²) < 4.78 is 0. The molecule has 1 N–H and O–H groups in total. The Morgan fingerprint density at radius 3 is 2.28 bits per heavy atom. The van der Waals surface area contributed by atoms with E-state index in [0.29, 0.717) is 6.67 Å². The second kappa shape index (κ2) is 7.90. The number of nitrogens with one attached hydrogen (secondary N) is 1. The Balaban J connectivity index is 1.38. The number of likely N-dealkylation sites (tertiary alicyclic amines) is 1. The standard InChI is InChI=1S/C23H31N3O3/c1-16-7-6-8-17(2)23(16)21(28)26(22(29)24-23)15-25-13-11-19(12-14-25)20(27)18-9-4-3-5-10-18/h3-5,9-10,16-17,19H,6-8,11-15H2,1-2H3,(H,24,29). The zero-order valence-electron chi connectivity index (χ0n) is 17.4. The van der Waals surface area contributed by atoms with Crippen LogP contribution in [0.3, 0.4) is 0 Å². The molecular formula is C23H31N3O3. The maximum Gasteiger partial charge on any atom is 0.326 e. The number of rotatable bonds is 4. The first-order valence-electron chi connectivity index (χ1n) is 10.9. The van der Waals surface area contributed by atoms with Crippen molar-refractivity contribution in [3.05, 3.63) is 35.9 Å². The largest absolute Gasteiger partial charge is 0.326 e. The molecule has 1 aromatic rings. The third-order valence-electron chi connectivity index (χ3n) is 7.34. The Morgan fingerprint density at radius 2 is 1.66 bits per heavy atom. The summed E-state index contributed by atoms with van der Waals surface area (Å²) in [6, 6.07) is 9.17. The fourth-order valence-corrected chi connectivity index (χ4v) is 5.46. The highest BCUT2D eigenvalue weighted by Crippen LogP contribution is 2.42. The second-order valence-corrected chi connectivity index (χ2v) is 9.03. The molecule has 29 heavy (non-hydrogen) atoms. The normalized spacial score (nSPS) is 31.3. The van der Waals surface area contributed by atoms with Gasteiger partial charge >= 0.3 is 6.03 Å². The molecule has 2 atom stereocenters. The van der Waals surface area contributed by atoms with Gasteiger partial charge in [0.1, 0.15) is 5.54 Å². The molecule has 3 aliphatic rings. The topological polar surface area (TPSA) is 69.7 Å². The molecule has 0 aromatic heterocycles. The van der Waals surface area contributed by atoms with Gasteiger partial charge in [-0.3, -0.25) is 14.5 Å². The highest BCUT2D eigenvalue weighted by atomic mass is 16.2. The molecule has 1 aliphatic carbocycles. The summed E-state index contributed by atoms with van der Waals surface area (Å²) in [4.78, 5) is 42.2. The van der Waals surface area contributed by atoms with Crippen molar-refractivity contribution in [3.63, 3.8) is 0 Å². The highest BCUT2D eigenvalue weighted by Gasteiger charge is 2.58. The van der Waals surface area contributed by atoms with Crippen LogP contribution >= 0.6 is 0 Å². The van der Waals surface area contributed by atoms with E-state index >= 15 is 0 Å². The van der Waals surface area contributed by atoms with E-state index in [1.165, 1.54) is 4.90 Å². The quantitative estimate of drug-likeness (QED) is 0.625. The van der Waals surface area contributed by atoms with Crippen molar-refractivity contribution in [3.8, 4) is 0 Å². The van der Waals surface area contributed by atoms with Crippen LogP contribution in [-0.2, 0) is 4.79 Å². The lowest BCUT2D eigenvalue weighted by Crippen LogP contribution is -2.59. The molecule has 2 saturated heterocycles. The third kappa shape index (κ3) is 3.48. The molecular weight excluding hydrogens is 366 g/mol. The molecule has 1 spiro atoms. The average Bonchev–Trinajstić information content (AvgIpc) is 2.98. The number of hydrogen-bond acceptors (Lipinski definition) is 4. The van der Waals surface area contributed by atoms with Crippen LogP contribution < -0.4 is 5.32 Å². The van der Waals surface area contributed by atoms with Gasteiger partial charge in [0, 0.05) is 24.6 Å². The van der Waals surface area contributed by atoms with Gasteiger partial charge in [0.05, 0.1) is 6.67 Å². The summed E-state index contributed by atoms with van der Waals surface area (Å²) in [7, 11) is 0. The van der Waals surface area contributed by atoms with Crippen LogP contribution in [0.2, 0.25) is 0 Å². The molecule has 2 aliphatic heterocycles. The van der Waals surface area contributed by atoms with Gasteiger partial charge < -0.3 is 5.32 Å². The van der Waals surface area contributed by atoms with E-state index in [2.05, 4.69) is 24.1 Å². The molecule has 3 fully saturated rings. The Morgan fingerprint density at radius 1 is 1.03 bits per heavy atom. The van der Waals surface area contributed by atoms with Gasteiger partial charge in [-0.05, 0) is 37.5 Å². The minimum absolute atomic E-state index is 0.0153. The first-order chi connectivity index (χ1) is 13.9. The van der Waals surface area contributed by atoms with Crippen LogP contribution in [0, 0.1) is 17.8 Å². The maximum atomic E-state index is 13.3. The van der Waals surface area contributed by atoms with E-state index in [4.69, 9.17) is 0 Å². The molecule has 0 bridgehead atoms. The number of nitrogens with zero attached hydrogens (tertiary/aromatic N) is 2. The minimum Gasteiger partial charge on any atom is -0.323 e. The molecule has 6 heteroatoms. The van der Waals surface area contributed by atoms with Gasteiger partial charge in [0.15, 0.2) is 5.78 Å². The predicted octanol–water partition coefficient (Wildman–Crippen LogP) is 3.29. The number of hydrogen-bond donors (Lipinski definition) is 1. The van der Waals surface area contributed by atoms with Crippen molar-refractivity contribution in [2.45, 2.75) is 51.5 Å². The molecule has 1 saturated carbocycles. The lowest BCUT2D eigenvalue weighted by molar-refractivity contribution is -0.138. The number of Topliss-reactive ketones (excluding diaryl/α,β-unsaturated/α-hetero) is 1. The molecule has 3 amide bonds. The van der Waals surface area contributed by atoms with E-state index in [9.17, 15) is 14.4 Å². The number of benzene rings is 1. The van der Waals surface area contributed by atoms with Crippen molar-refractivity contribution in [2.75, 3.05) is 19.8 Å². The summed E-state index contributed by atoms with van der Waals surface area (Å²) in [5, 5.41) is 3.06. The molecule has 2 heterocycles. The highest BCUT2D eigenvalue weighted by molar-refractivity contribution is 6.07. The van der Waals surface area contributed by atoms with Gasteiger partial charge in [-0.15, -0.1) is 0 Å². The van der Waals surface area contributed by atoms with Crippen molar-refractivity contribution < 1.29 is 14.4 Å². The predicted molar refractivity (Wildman–Crippen MR) is 110 cm³/mol. The van der Waals surface area contributed by atoms with Gasteiger partial charge in [-0.25, -0.2) is 9.69 Å². The van der Waals surface area contributed by atoms with Crippen LogP contribution in [0.1, 0.15) is 56.3 Å². The van der Waals surface area contributed by atoms with Gasteiger partial charge in [0.25, 0.3) is 5.91 Å². The lowest BCUT2D eigenvalue weighted by atomic mass is 9.67. The number of piperidine rings is 1. The number of imide groups is 1. The van der Waals surface area contributed by atoms with Crippen molar-refractivity contribution in [2.24, 2.45) is 17.8 Å². The SMILES string of the molecule is CC1CCCC(C)C12NC(=O)N(CN1CCC(C(=O)c3ccccc3)CC1)C2=O. The number of carbonyl (C=O) groups is 3. The van der Waals surface area contributed by atoms with Crippen molar-refractivity contribution in [1.82, 2.24) is 15.1 Å². The third-order valence-corrected chi connectivity index (χ3v) is 7.34. The van der Waals surface area contributed by atoms with Crippen LogP contribution in [0.15, 0.2) is 30.3 Å². The summed E-state index contributed by atoms with van der Waals surface area (Å²) in [5.41, 5.74) is 0.0268. The molecule has 156 valence electrons. The summed E-state index contributed by atoms with van der Waals surface area (Å²) in [6.07, 6.45) is 4.56. The monoisotopic (exact) mass is 397 g/mol. The van der Waals surface area contributed by atoms with Gasteiger partial charge in [-0.1, -0.05) is 50.6 Å². The maximum absolute atomic E-state index is 13.3. The van der Waals surface area contributed by atoms with E-state index in [1.54, 1.807) is 0 Å². The second-order valence-electron chi connectivity index (χ2n) is 9.03. The van der Waals surface area contributed by atoms with Crippen LogP contribution in [0.25, 0.3) is 0 Å². The Bertz CT molecular complexity index is 776. The number of carbonyl (C=O) groups excluding carboxylic acids is 3. The fraction of sp³-hybridized carbons (Fsp3) is 0.609. The summed E-state index contributed by atoms with van der Waals surface area (Å²) in [5.74, 6) is 0.457. The van der Waals surface area contributed by atoms with Crippen LogP contribution in [0.5, 0.6) is 0 Å². The van der Waals surface area contributed by atoms with E-state index < -0.39 is 5.54 Å². The van der Waals surface area contributed by atoms with E-state index in [1.807, 2.05) is 30.3 Å². The first kappa shape index (κ1) is 20.1. The zero-order valence-corrected chi connectivity index (χ0v) is 17.4. The van der Waals surface area contributed by atoms with Crippen LogP contribution in [-0.4, -0.2) is 52.8 Å². The van der Waals surface area contributed by atoms with Gasteiger partial charge in [-0.2, -0.15) is 0 Å². The molecule has 0 radical (unpaired) electrons. The van der Waals surface area contributed by atoms with E-state index in [-0.39, 0.29) is 35.5 Å². The number of urea groups is 1. The number of ketones is 1. The minimum atomic E-state index is -0.739. The molecule has 4 rings (SSSR count). The Labute approximate surface area is 172 Å². The smallest absolute Gasteiger partial charge is 0.323 e. The van der Waals surface area contributed by atoms with E-state index in [0.717, 1.165) is 50.8 Å². The summed E-state index contributed by atoms with van der Waals surface area (Å²) in [6.45, 7) is 5.92. The van der Waals surface area contributed by atoms with Crippen molar-refractivity contribution >= 4 is 17.7 Å². The first-order valence-corrected chi connectivity index (χ1v) is 10.9. The van der Waals surface area contributed by atoms with Gasteiger partial charge in [0.2, 0.25) is 0 Å². The Kier molecular flexibility index (Phi) is 5.47. The Hall–Kier alpha value is -2.21. The van der Waals surface area contributed by atoms with Crippen molar-refractivity contribution in [1.29, 1.82) is 0 Å². The lowest BCUT2D eigenvalue weighted by Gasteiger charge is -2.42. The molecule has 2 unspecified atom stereocenters. The fourth-order valence-electron chi connectivity index (χ4n) is 5.46. The number of amides is 3. The molecule has 6 nitrogen and oxygen atoms in total. The average molecular weight is 398 g/mol. The molecule has 1 aromatic carbocycles.